The van der Waals surface area contributed by atoms with Crippen LogP contribution in [0.4, 0.5) is 11.4 Å². The summed E-state index contributed by atoms with van der Waals surface area (Å²) in [5, 5.41) is 6.25. The molecule has 4 rings (SSSR count). The van der Waals surface area contributed by atoms with Gasteiger partial charge in [-0.25, -0.2) is 0 Å². The highest BCUT2D eigenvalue weighted by atomic mass is 16.5. The molecule has 0 atom stereocenters. The van der Waals surface area contributed by atoms with Crippen LogP contribution in [0.5, 0.6) is 11.5 Å². The van der Waals surface area contributed by atoms with E-state index in [1.807, 2.05) is 25.1 Å². The summed E-state index contributed by atoms with van der Waals surface area (Å²) in [6.45, 7) is 1.95. The lowest BCUT2D eigenvalue weighted by Gasteiger charge is -2.12. The van der Waals surface area contributed by atoms with Gasteiger partial charge in [0, 0.05) is 17.0 Å². The van der Waals surface area contributed by atoms with Crippen LogP contribution in [-0.2, 0) is 0 Å². The lowest BCUT2D eigenvalue weighted by Crippen LogP contribution is -2.17. The van der Waals surface area contributed by atoms with E-state index < -0.39 is 5.91 Å². The molecule has 7 nitrogen and oxygen atoms in total. The molecule has 2 amide bonds. The lowest BCUT2D eigenvalue weighted by atomic mass is 10.1. The number of methoxy groups -OCH3 is 2. The maximum Gasteiger partial charge on any atom is 0.293 e. The fourth-order valence-corrected chi connectivity index (χ4v) is 3.30. The predicted octanol–water partition coefficient (Wildman–Crippen LogP) is 5.26. The number of anilines is 2. The molecule has 0 radical (unpaired) electrons. The molecule has 0 unspecified atom stereocenters. The van der Waals surface area contributed by atoms with E-state index in [0.29, 0.717) is 39.4 Å². The fraction of sp³-hybridized carbons (Fsp3) is 0.120. The number of benzene rings is 3. The molecule has 0 aliphatic carbocycles. The Morgan fingerprint density at radius 1 is 0.844 bits per heavy atom. The first-order valence-electron chi connectivity index (χ1n) is 9.93. The highest BCUT2D eigenvalue weighted by Gasteiger charge is 2.23. The molecule has 162 valence electrons. The topological polar surface area (TPSA) is 89.8 Å². The second kappa shape index (κ2) is 8.85. The van der Waals surface area contributed by atoms with Crippen molar-refractivity contribution in [1.82, 2.24) is 0 Å². The van der Waals surface area contributed by atoms with E-state index >= 15 is 0 Å². The molecule has 0 saturated heterocycles. The number of hydrogen-bond donors (Lipinski definition) is 2. The third kappa shape index (κ3) is 4.13. The summed E-state index contributed by atoms with van der Waals surface area (Å²) in [7, 11) is 3.04. The summed E-state index contributed by atoms with van der Waals surface area (Å²) >= 11 is 0. The molecule has 3 aromatic carbocycles. The molecule has 0 spiro atoms. The molecule has 2 N–H and O–H groups in total. The number of carbonyl (C=O) groups is 2. The van der Waals surface area contributed by atoms with Gasteiger partial charge in [0.25, 0.3) is 11.8 Å². The van der Waals surface area contributed by atoms with Gasteiger partial charge in [-0.1, -0.05) is 29.8 Å². The van der Waals surface area contributed by atoms with Crippen molar-refractivity contribution < 1.29 is 23.5 Å². The van der Waals surface area contributed by atoms with Gasteiger partial charge in [-0.3, -0.25) is 9.59 Å². The molecule has 0 bridgehead atoms. The second-order valence-electron chi connectivity index (χ2n) is 7.14. The van der Waals surface area contributed by atoms with Gasteiger partial charge in [0.05, 0.1) is 19.9 Å². The normalized spacial score (nSPS) is 10.6. The highest BCUT2D eigenvalue weighted by molar-refractivity contribution is 6.17. The minimum absolute atomic E-state index is 0.00969. The molecule has 32 heavy (non-hydrogen) atoms. The fourth-order valence-electron chi connectivity index (χ4n) is 3.30. The Morgan fingerprint density at radius 3 is 2.31 bits per heavy atom. The van der Waals surface area contributed by atoms with Crippen LogP contribution in [0.1, 0.15) is 26.5 Å². The number of rotatable bonds is 6. The Bertz CT molecular complexity index is 1290. The third-order valence-corrected chi connectivity index (χ3v) is 5.01. The van der Waals surface area contributed by atoms with Gasteiger partial charge in [-0.15, -0.1) is 0 Å². The van der Waals surface area contributed by atoms with Crippen LogP contribution in [-0.4, -0.2) is 26.0 Å². The van der Waals surface area contributed by atoms with Crippen molar-refractivity contribution >= 4 is 34.2 Å². The number of hydrogen-bond acceptors (Lipinski definition) is 5. The average Bonchev–Trinajstić information content (AvgIpc) is 3.18. The number of furan rings is 1. The van der Waals surface area contributed by atoms with Crippen LogP contribution < -0.4 is 20.1 Å². The number of ether oxygens (including phenoxy) is 2. The summed E-state index contributed by atoms with van der Waals surface area (Å²) in [4.78, 5) is 26.0. The number of para-hydroxylation sites is 1. The molecule has 0 aliphatic heterocycles. The molecule has 4 aromatic rings. The van der Waals surface area contributed by atoms with E-state index in [9.17, 15) is 9.59 Å². The van der Waals surface area contributed by atoms with Gasteiger partial charge in [-0.2, -0.15) is 0 Å². The number of fused-ring (bicyclic) bond motifs is 1. The number of amides is 2. The van der Waals surface area contributed by atoms with Crippen molar-refractivity contribution in [2.45, 2.75) is 6.92 Å². The summed E-state index contributed by atoms with van der Waals surface area (Å²) in [6, 6.07) is 19.3. The Morgan fingerprint density at radius 2 is 1.59 bits per heavy atom. The van der Waals surface area contributed by atoms with E-state index in [1.165, 1.54) is 7.11 Å². The van der Waals surface area contributed by atoms with Crippen molar-refractivity contribution in [3.8, 4) is 11.5 Å². The average molecular weight is 430 g/mol. The number of carbonyl (C=O) groups excluding carboxylic acids is 2. The summed E-state index contributed by atoms with van der Waals surface area (Å²) in [5.74, 6) is 0.148. The van der Waals surface area contributed by atoms with E-state index in [1.54, 1.807) is 55.6 Å². The summed E-state index contributed by atoms with van der Waals surface area (Å²) < 4.78 is 16.4. The van der Waals surface area contributed by atoms with Crippen LogP contribution >= 0.6 is 0 Å². The van der Waals surface area contributed by atoms with Crippen LogP contribution in [0, 0.1) is 6.92 Å². The molecule has 1 aromatic heterocycles. The smallest absolute Gasteiger partial charge is 0.293 e. The van der Waals surface area contributed by atoms with Gasteiger partial charge in [-0.05, 0) is 43.3 Å². The van der Waals surface area contributed by atoms with Crippen molar-refractivity contribution in [1.29, 1.82) is 0 Å². The maximum atomic E-state index is 13.1. The van der Waals surface area contributed by atoms with Crippen LogP contribution in [0.25, 0.3) is 11.0 Å². The molecular formula is C25H22N2O5. The SMILES string of the molecule is COc1ccc(NC(=O)c2oc3ccccc3c2NC(=O)c2ccc(C)cc2)c(OC)c1. The zero-order valence-electron chi connectivity index (χ0n) is 17.9. The quantitative estimate of drug-likeness (QED) is 0.435. The van der Waals surface area contributed by atoms with E-state index in [0.717, 1.165) is 5.56 Å². The van der Waals surface area contributed by atoms with Crippen molar-refractivity contribution in [3.05, 3.63) is 83.6 Å². The summed E-state index contributed by atoms with van der Waals surface area (Å²) in [5.41, 5.74) is 2.75. The first kappa shape index (κ1) is 21.0. The second-order valence-corrected chi connectivity index (χ2v) is 7.14. The molecule has 0 saturated carbocycles. The van der Waals surface area contributed by atoms with E-state index in [2.05, 4.69) is 10.6 Å². The Balaban J connectivity index is 1.69. The third-order valence-electron chi connectivity index (χ3n) is 5.01. The molecule has 7 heteroatoms. The van der Waals surface area contributed by atoms with Gasteiger partial charge in [0.1, 0.15) is 22.8 Å². The molecule has 0 fully saturated rings. The summed E-state index contributed by atoms with van der Waals surface area (Å²) in [6.07, 6.45) is 0. The minimum Gasteiger partial charge on any atom is -0.497 e. The lowest BCUT2D eigenvalue weighted by molar-refractivity contribution is 0.0999. The molecule has 0 aliphatic rings. The molecular weight excluding hydrogens is 408 g/mol. The number of nitrogens with one attached hydrogen (secondary N) is 2. The van der Waals surface area contributed by atoms with Crippen molar-refractivity contribution in [3.63, 3.8) is 0 Å². The standard InChI is InChI=1S/C25H22N2O5/c1-15-8-10-16(11-9-15)24(28)27-22-18-6-4-5-7-20(18)32-23(22)25(29)26-19-13-12-17(30-2)14-21(19)31-3/h4-14H,1-3H3,(H,26,29)(H,27,28). The minimum atomic E-state index is -0.524. The predicted molar refractivity (Wildman–Crippen MR) is 123 cm³/mol. The van der Waals surface area contributed by atoms with Gasteiger partial charge in [0.2, 0.25) is 5.76 Å². The monoisotopic (exact) mass is 430 g/mol. The van der Waals surface area contributed by atoms with Crippen LogP contribution in [0.3, 0.4) is 0 Å². The van der Waals surface area contributed by atoms with Gasteiger partial charge >= 0.3 is 0 Å². The first-order chi connectivity index (χ1) is 15.5. The first-order valence-corrected chi connectivity index (χ1v) is 9.93. The zero-order chi connectivity index (χ0) is 22.7. The van der Waals surface area contributed by atoms with Gasteiger partial charge < -0.3 is 24.5 Å². The highest BCUT2D eigenvalue weighted by Crippen LogP contribution is 2.34. The van der Waals surface area contributed by atoms with Crippen molar-refractivity contribution in [2.75, 3.05) is 24.9 Å². The molecule has 1 heterocycles. The maximum absolute atomic E-state index is 13.1. The van der Waals surface area contributed by atoms with E-state index in [-0.39, 0.29) is 11.7 Å². The zero-order valence-corrected chi connectivity index (χ0v) is 17.9. The Labute approximate surface area is 184 Å². The largest absolute Gasteiger partial charge is 0.497 e. The van der Waals surface area contributed by atoms with Crippen LogP contribution in [0.2, 0.25) is 0 Å². The van der Waals surface area contributed by atoms with Crippen LogP contribution in [0.15, 0.2) is 71.1 Å². The Kier molecular flexibility index (Phi) is 5.81. The Hall–Kier alpha value is -4.26. The van der Waals surface area contributed by atoms with E-state index in [4.69, 9.17) is 13.9 Å². The van der Waals surface area contributed by atoms with Crippen molar-refractivity contribution in [2.24, 2.45) is 0 Å². The number of aryl methyl sites for hydroxylation is 1. The van der Waals surface area contributed by atoms with Gasteiger partial charge in [0.15, 0.2) is 0 Å².